The van der Waals surface area contributed by atoms with Gasteiger partial charge in [0, 0.05) is 31.1 Å². The third kappa shape index (κ3) is 5.17. The number of hydrogen-bond acceptors (Lipinski definition) is 4. The van der Waals surface area contributed by atoms with Crippen LogP contribution in [0.4, 0.5) is 0 Å². The summed E-state index contributed by atoms with van der Waals surface area (Å²) in [4.78, 5) is 4.04. The average molecular weight is 253 g/mol. The summed E-state index contributed by atoms with van der Waals surface area (Å²) in [7, 11) is 0. The Morgan fingerprint density at radius 1 is 1.29 bits per heavy atom. The first-order valence-electron chi connectivity index (χ1n) is 6.61. The average Bonchev–Trinajstić information content (AvgIpc) is 2.88. The zero-order chi connectivity index (χ0) is 11.8. The minimum absolute atomic E-state index is 1.11. The van der Waals surface area contributed by atoms with Gasteiger partial charge in [0.05, 0.1) is 0 Å². The van der Waals surface area contributed by atoms with Gasteiger partial charge in [-0.2, -0.15) is 0 Å². The minimum atomic E-state index is 1.11. The Morgan fingerprint density at radius 2 is 2.18 bits per heavy atom. The summed E-state index contributed by atoms with van der Waals surface area (Å²) in [5, 5.41) is 9.07. The van der Waals surface area contributed by atoms with Crippen molar-refractivity contribution >= 4 is 11.3 Å². The molecule has 2 N–H and O–H groups in total. The van der Waals surface area contributed by atoms with Crippen LogP contribution in [-0.4, -0.2) is 50.7 Å². The number of hydrogen-bond donors (Lipinski definition) is 2. The van der Waals surface area contributed by atoms with E-state index in [4.69, 9.17) is 0 Å². The molecule has 0 atom stereocenters. The quantitative estimate of drug-likeness (QED) is 0.715. The summed E-state index contributed by atoms with van der Waals surface area (Å²) in [5.74, 6) is 0. The van der Waals surface area contributed by atoms with Crippen LogP contribution in [0.15, 0.2) is 17.5 Å². The maximum Gasteiger partial charge on any atom is 0.0107 e. The van der Waals surface area contributed by atoms with Crippen molar-refractivity contribution in [2.24, 2.45) is 0 Å². The third-order valence-corrected chi connectivity index (χ3v) is 4.10. The molecular formula is C13H23N3S. The van der Waals surface area contributed by atoms with Gasteiger partial charge in [-0.1, -0.05) is 6.07 Å². The number of thiophene rings is 1. The van der Waals surface area contributed by atoms with Crippen LogP contribution in [0.3, 0.4) is 0 Å². The number of nitrogens with zero attached hydrogens (tertiary/aromatic N) is 1. The molecule has 0 radical (unpaired) electrons. The van der Waals surface area contributed by atoms with Gasteiger partial charge in [0.25, 0.3) is 0 Å². The van der Waals surface area contributed by atoms with Crippen molar-refractivity contribution in [2.45, 2.75) is 12.8 Å². The Kier molecular flexibility index (Phi) is 5.99. The van der Waals surface area contributed by atoms with Gasteiger partial charge >= 0.3 is 0 Å². The summed E-state index contributed by atoms with van der Waals surface area (Å²) in [6, 6.07) is 4.34. The van der Waals surface area contributed by atoms with Gasteiger partial charge in [-0.05, 0) is 43.9 Å². The van der Waals surface area contributed by atoms with E-state index in [1.807, 2.05) is 11.3 Å². The zero-order valence-corrected chi connectivity index (χ0v) is 11.3. The van der Waals surface area contributed by atoms with Crippen LogP contribution in [0, 0.1) is 0 Å². The molecule has 0 saturated carbocycles. The lowest BCUT2D eigenvalue weighted by atomic mass is 10.3. The van der Waals surface area contributed by atoms with Gasteiger partial charge in [0.1, 0.15) is 0 Å². The fraction of sp³-hybridized carbons (Fsp3) is 0.692. The molecule has 96 valence electrons. The Labute approximate surface area is 108 Å². The molecule has 1 aromatic heterocycles. The van der Waals surface area contributed by atoms with Crippen molar-refractivity contribution in [3.8, 4) is 0 Å². The van der Waals surface area contributed by atoms with E-state index in [0.717, 1.165) is 26.2 Å². The van der Waals surface area contributed by atoms with Crippen molar-refractivity contribution in [2.75, 3.05) is 45.8 Å². The molecule has 0 bridgehead atoms. The lowest BCUT2D eigenvalue weighted by molar-refractivity contribution is 0.238. The second-order valence-corrected chi connectivity index (χ2v) is 5.56. The minimum Gasteiger partial charge on any atom is -0.316 e. The molecule has 17 heavy (non-hydrogen) atoms. The molecule has 4 heteroatoms. The molecule has 0 spiro atoms. The summed E-state index contributed by atoms with van der Waals surface area (Å²) < 4.78 is 0. The summed E-state index contributed by atoms with van der Waals surface area (Å²) in [6.45, 7) is 8.26. The van der Waals surface area contributed by atoms with E-state index < -0.39 is 0 Å². The topological polar surface area (TPSA) is 27.3 Å². The molecule has 2 heterocycles. The first kappa shape index (κ1) is 13.0. The van der Waals surface area contributed by atoms with Crippen molar-refractivity contribution in [3.05, 3.63) is 22.4 Å². The van der Waals surface area contributed by atoms with Crippen molar-refractivity contribution < 1.29 is 0 Å². The predicted molar refractivity (Wildman–Crippen MR) is 74.8 cm³/mol. The number of piperazine rings is 1. The van der Waals surface area contributed by atoms with E-state index in [-0.39, 0.29) is 0 Å². The summed E-state index contributed by atoms with van der Waals surface area (Å²) >= 11 is 1.85. The second-order valence-electron chi connectivity index (χ2n) is 4.52. The molecule has 0 amide bonds. The van der Waals surface area contributed by atoms with E-state index in [1.54, 1.807) is 0 Å². The Morgan fingerprint density at radius 3 is 2.94 bits per heavy atom. The van der Waals surface area contributed by atoms with Crippen LogP contribution in [0.5, 0.6) is 0 Å². The molecule has 3 nitrogen and oxygen atoms in total. The first-order valence-corrected chi connectivity index (χ1v) is 7.49. The zero-order valence-electron chi connectivity index (χ0n) is 10.5. The van der Waals surface area contributed by atoms with E-state index in [2.05, 4.69) is 33.0 Å². The highest BCUT2D eigenvalue weighted by Gasteiger charge is 2.07. The van der Waals surface area contributed by atoms with Crippen LogP contribution < -0.4 is 10.6 Å². The summed E-state index contributed by atoms with van der Waals surface area (Å²) in [5.41, 5.74) is 0. The highest BCUT2D eigenvalue weighted by molar-refractivity contribution is 7.09. The molecule has 1 aromatic rings. The maximum atomic E-state index is 3.53. The Balaban J connectivity index is 1.43. The molecular weight excluding hydrogens is 230 g/mol. The summed E-state index contributed by atoms with van der Waals surface area (Å²) in [6.07, 6.45) is 2.44. The normalized spacial score (nSPS) is 17.4. The molecule has 1 fully saturated rings. The van der Waals surface area contributed by atoms with E-state index in [9.17, 15) is 0 Å². The SMILES string of the molecule is c1csc(CCNCCCN2CCNCC2)c1. The van der Waals surface area contributed by atoms with Crippen LogP contribution in [0.2, 0.25) is 0 Å². The van der Waals surface area contributed by atoms with Crippen molar-refractivity contribution in [1.82, 2.24) is 15.5 Å². The van der Waals surface area contributed by atoms with Crippen LogP contribution >= 0.6 is 11.3 Å². The van der Waals surface area contributed by atoms with Crippen molar-refractivity contribution in [1.29, 1.82) is 0 Å². The van der Waals surface area contributed by atoms with E-state index in [0.29, 0.717) is 0 Å². The van der Waals surface area contributed by atoms with Crippen LogP contribution in [0.25, 0.3) is 0 Å². The number of rotatable bonds is 7. The van der Waals surface area contributed by atoms with Crippen LogP contribution in [0.1, 0.15) is 11.3 Å². The monoisotopic (exact) mass is 253 g/mol. The van der Waals surface area contributed by atoms with Gasteiger partial charge in [-0.25, -0.2) is 0 Å². The van der Waals surface area contributed by atoms with E-state index >= 15 is 0 Å². The van der Waals surface area contributed by atoms with Gasteiger partial charge in [0.2, 0.25) is 0 Å². The second kappa shape index (κ2) is 7.82. The molecule has 0 aromatic carbocycles. The predicted octanol–water partition coefficient (Wildman–Crippen LogP) is 1.18. The van der Waals surface area contributed by atoms with Gasteiger partial charge in [-0.15, -0.1) is 11.3 Å². The third-order valence-electron chi connectivity index (χ3n) is 3.17. The fourth-order valence-electron chi connectivity index (χ4n) is 2.15. The molecule has 2 rings (SSSR count). The van der Waals surface area contributed by atoms with Gasteiger partial charge in [0.15, 0.2) is 0 Å². The smallest absolute Gasteiger partial charge is 0.0107 e. The lowest BCUT2D eigenvalue weighted by Gasteiger charge is -2.27. The number of nitrogens with one attached hydrogen (secondary N) is 2. The maximum absolute atomic E-state index is 3.53. The van der Waals surface area contributed by atoms with Crippen LogP contribution in [-0.2, 0) is 6.42 Å². The lowest BCUT2D eigenvalue weighted by Crippen LogP contribution is -2.44. The van der Waals surface area contributed by atoms with E-state index in [1.165, 1.54) is 37.4 Å². The highest BCUT2D eigenvalue weighted by Crippen LogP contribution is 2.07. The van der Waals surface area contributed by atoms with Gasteiger partial charge < -0.3 is 15.5 Å². The van der Waals surface area contributed by atoms with Crippen molar-refractivity contribution in [3.63, 3.8) is 0 Å². The Hall–Kier alpha value is -0.420. The van der Waals surface area contributed by atoms with Gasteiger partial charge in [-0.3, -0.25) is 0 Å². The molecule has 0 unspecified atom stereocenters. The molecule has 1 aliphatic heterocycles. The first-order chi connectivity index (χ1) is 8.45. The highest BCUT2D eigenvalue weighted by atomic mass is 32.1. The standard InChI is InChI=1S/C13H23N3S/c1-3-13(17-12-1)4-6-14-5-2-9-16-10-7-15-8-11-16/h1,3,12,14-15H,2,4-11H2. The fourth-order valence-corrected chi connectivity index (χ4v) is 2.86. The molecule has 0 aliphatic carbocycles. The molecule has 1 aliphatic rings. The molecule has 1 saturated heterocycles. The largest absolute Gasteiger partial charge is 0.316 e. The Bertz CT molecular complexity index is 281.